The van der Waals surface area contributed by atoms with Crippen LogP contribution in [-0.4, -0.2) is 27.6 Å². The van der Waals surface area contributed by atoms with Gasteiger partial charge < -0.3 is 9.84 Å². The van der Waals surface area contributed by atoms with Crippen molar-refractivity contribution in [3.05, 3.63) is 18.0 Å². The molecule has 0 radical (unpaired) electrons. The van der Waals surface area contributed by atoms with Crippen molar-refractivity contribution in [2.24, 2.45) is 5.92 Å². The smallest absolute Gasteiger partial charge is 0.111 e. The quantitative estimate of drug-likeness (QED) is 0.875. The summed E-state index contributed by atoms with van der Waals surface area (Å²) in [6.45, 7) is 7.71. The molecule has 1 aliphatic rings. The third-order valence-corrected chi connectivity index (χ3v) is 3.62. The number of aromatic nitrogens is 2. The van der Waals surface area contributed by atoms with Gasteiger partial charge in [0.1, 0.15) is 5.60 Å². The number of aliphatic hydroxyl groups is 1. The molecule has 4 heteroatoms. The lowest BCUT2D eigenvalue weighted by Gasteiger charge is -2.38. The van der Waals surface area contributed by atoms with E-state index in [1.54, 1.807) is 6.20 Å². The molecule has 1 N–H and O–H groups in total. The summed E-state index contributed by atoms with van der Waals surface area (Å²) in [6.07, 6.45) is 3.21. The van der Waals surface area contributed by atoms with E-state index in [0.717, 1.165) is 12.2 Å². The minimum absolute atomic E-state index is 0.133. The van der Waals surface area contributed by atoms with Crippen LogP contribution < -0.4 is 0 Å². The van der Waals surface area contributed by atoms with E-state index in [1.165, 1.54) is 0 Å². The first-order valence-corrected chi connectivity index (χ1v) is 6.43. The van der Waals surface area contributed by atoms with Gasteiger partial charge in [0.25, 0.3) is 0 Å². The van der Waals surface area contributed by atoms with Crippen LogP contribution in [0.25, 0.3) is 0 Å². The third kappa shape index (κ3) is 2.38. The summed E-state index contributed by atoms with van der Waals surface area (Å²) in [5.74, 6) is 0.430. The van der Waals surface area contributed by atoms with Crippen molar-refractivity contribution in [3.63, 3.8) is 0 Å². The lowest BCUT2D eigenvalue weighted by molar-refractivity contribution is -0.124. The predicted molar refractivity (Wildman–Crippen MR) is 65.6 cm³/mol. The SMILES string of the molecule is CCn1nccc1C1(O)CCOC(C(C)C)C1. The van der Waals surface area contributed by atoms with Gasteiger partial charge in [-0.05, 0) is 18.9 Å². The third-order valence-electron chi connectivity index (χ3n) is 3.62. The molecule has 1 aliphatic heterocycles. The van der Waals surface area contributed by atoms with E-state index in [-0.39, 0.29) is 6.10 Å². The van der Waals surface area contributed by atoms with Crippen molar-refractivity contribution >= 4 is 0 Å². The highest BCUT2D eigenvalue weighted by Gasteiger charge is 2.39. The van der Waals surface area contributed by atoms with Crippen LogP contribution in [0.5, 0.6) is 0 Å². The summed E-state index contributed by atoms with van der Waals surface area (Å²) in [6, 6.07) is 1.92. The standard InChI is InChI=1S/C13H22N2O2/c1-4-15-12(5-7-14-15)13(16)6-8-17-11(9-13)10(2)3/h5,7,10-11,16H,4,6,8-9H2,1-3H3. The molecule has 2 atom stereocenters. The highest BCUT2D eigenvalue weighted by molar-refractivity contribution is 5.13. The van der Waals surface area contributed by atoms with E-state index in [9.17, 15) is 5.11 Å². The van der Waals surface area contributed by atoms with E-state index < -0.39 is 5.60 Å². The van der Waals surface area contributed by atoms with Crippen LogP contribution >= 0.6 is 0 Å². The lowest BCUT2D eigenvalue weighted by atomic mass is 9.84. The second-order valence-corrected chi connectivity index (χ2v) is 5.17. The van der Waals surface area contributed by atoms with E-state index in [4.69, 9.17) is 4.74 Å². The highest BCUT2D eigenvalue weighted by atomic mass is 16.5. The summed E-state index contributed by atoms with van der Waals surface area (Å²) in [7, 11) is 0. The number of rotatable bonds is 3. The molecule has 1 saturated heterocycles. The van der Waals surface area contributed by atoms with Gasteiger partial charge in [-0.15, -0.1) is 0 Å². The number of hydrogen-bond acceptors (Lipinski definition) is 3. The maximum atomic E-state index is 10.8. The van der Waals surface area contributed by atoms with E-state index >= 15 is 0 Å². The van der Waals surface area contributed by atoms with Crippen LogP contribution in [0.2, 0.25) is 0 Å². The normalized spacial score (nSPS) is 29.8. The van der Waals surface area contributed by atoms with Gasteiger partial charge >= 0.3 is 0 Å². The van der Waals surface area contributed by atoms with Gasteiger partial charge in [0, 0.05) is 25.6 Å². The van der Waals surface area contributed by atoms with Crippen molar-refractivity contribution in [1.29, 1.82) is 0 Å². The Labute approximate surface area is 103 Å². The molecule has 1 aromatic heterocycles. The monoisotopic (exact) mass is 238 g/mol. The molecule has 0 spiro atoms. The second-order valence-electron chi connectivity index (χ2n) is 5.17. The molecule has 0 aromatic carbocycles. The van der Waals surface area contributed by atoms with Crippen molar-refractivity contribution in [3.8, 4) is 0 Å². The van der Waals surface area contributed by atoms with Gasteiger partial charge in [-0.2, -0.15) is 5.10 Å². The molecule has 17 heavy (non-hydrogen) atoms. The molecule has 4 nitrogen and oxygen atoms in total. The van der Waals surface area contributed by atoms with Gasteiger partial charge in [0.15, 0.2) is 0 Å². The lowest BCUT2D eigenvalue weighted by Crippen LogP contribution is -2.42. The predicted octanol–water partition coefficient (Wildman–Crippen LogP) is 1.93. The molecule has 1 fully saturated rings. The minimum Gasteiger partial charge on any atom is -0.383 e. The van der Waals surface area contributed by atoms with Crippen molar-refractivity contribution in [2.75, 3.05) is 6.61 Å². The Morgan fingerprint density at radius 2 is 2.41 bits per heavy atom. The Kier molecular flexibility index (Phi) is 3.54. The van der Waals surface area contributed by atoms with E-state index in [0.29, 0.717) is 25.4 Å². The summed E-state index contributed by atoms with van der Waals surface area (Å²) < 4.78 is 7.59. The van der Waals surface area contributed by atoms with Crippen molar-refractivity contribution in [1.82, 2.24) is 9.78 Å². The maximum Gasteiger partial charge on any atom is 0.111 e. The first-order chi connectivity index (χ1) is 8.07. The average molecular weight is 238 g/mol. The molecule has 2 unspecified atom stereocenters. The first kappa shape index (κ1) is 12.6. The Morgan fingerprint density at radius 1 is 1.65 bits per heavy atom. The van der Waals surface area contributed by atoms with Gasteiger partial charge in [0.05, 0.1) is 18.4 Å². The number of hydrogen-bond donors (Lipinski definition) is 1. The molecule has 0 amide bonds. The zero-order chi connectivity index (χ0) is 12.5. The Balaban J connectivity index is 2.23. The number of ether oxygens (including phenoxy) is 1. The van der Waals surface area contributed by atoms with Gasteiger partial charge in [-0.1, -0.05) is 13.8 Å². The van der Waals surface area contributed by atoms with Crippen LogP contribution in [0.4, 0.5) is 0 Å². The summed E-state index contributed by atoms with van der Waals surface area (Å²) in [5, 5.41) is 15.1. The Morgan fingerprint density at radius 3 is 3.06 bits per heavy atom. The van der Waals surface area contributed by atoms with Crippen molar-refractivity contribution in [2.45, 2.75) is 51.9 Å². The minimum atomic E-state index is -0.778. The Bertz CT molecular complexity index is 375. The van der Waals surface area contributed by atoms with Crippen LogP contribution in [-0.2, 0) is 16.9 Å². The summed E-state index contributed by atoms with van der Waals surface area (Å²) >= 11 is 0. The molecule has 0 bridgehead atoms. The van der Waals surface area contributed by atoms with Crippen LogP contribution in [0.1, 0.15) is 39.3 Å². The van der Waals surface area contributed by atoms with Crippen molar-refractivity contribution < 1.29 is 9.84 Å². The highest BCUT2D eigenvalue weighted by Crippen LogP contribution is 2.36. The molecule has 96 valence electrons. The second kappa shape index (κ2) is 4.78. The molecular formula is C13H22N2O2. The average Bonchev–Trinajstić information content (AvgIpc) is 2.77. The number of aryl methyl sites for hydroxylation is 1. The largest absolute Gasteiger partial charge is 0.383 e. The fraction of sp³-hybridized carbons (Fsp3) is 0.769. The number of nitrogens with zero attached hydrogens (tertiary/aromatic N) is 2. The summed E-state index contributed by atoms with van der Waals surface area (Å²) in [5.41, 5.74) is 0.147. The van der Waals surface area contributed by atoms with Crippen LogP contribution in [0.3, 0.4) is 0 Å². The molecule has 2 heterocycles. The molecule has 2 rings (SSSR count). The molecular weight excluding hydrogens is 216 g/mol. The Hall–Kier alpha value is -0.870. The molecule has 0 saturated carbocycles. The first-order valence-electron chi connectivity index (χ1n) is 6.43. The van der Waals surface area contributed by atoms with Gasteiger partial charge in [0.2, 0.25) is 0 Å². The molecule has 0 aliphatic carbocycles. The van der Waals surface area contributed by atoms with Crippen LogP contribution in [0.15, 0.2) is 12.3 Å². The maximum absolute atomic E-state index is 10.8. The molecule has 1 aromatic rings. The fourth-order valence-corrected chi connectivity index (χ4v) is 2.51. The zero-order valence-electron chi connectivity index (χ0n) is 10.9. The van der Waals surface area contributed by atoms with Gasteiger partial charge in [-0.25, -0.2) is 0 Å². The zero-order valence-corrected chi connectivity index (χ0v) is 10.9. The van der Waals surface area contributed by atoms with Crippen LogP contribution in [0, 0.1) is 5.92 Å². The summed E-state index contributed by atoms with van der Waals surface area (Å²) in [4.78, 5) is 0. The topological polar surface area (TPSA) is 47.3 Å². The van der Waals surface area contributed by atoms with E-state index in [1.807, 2.05) is 17.7 Å². The van der Waals surface area contributed by atoms with E-state index in [2.05, 4.69) is 18.9 Å². The van der Waals surface area contributed by atoms with Gasteiger partial charge in [-0.3, -0.25) is 4.68 Å². The fourth-order valence-electron chi connectivity index (χ4n) is 2.51.